The third kappa shape index (κ3) is 2.34. The van der Waals surface area contributed by atoms with Gasteiger partial charge in [0.25, 0.3) is 0 Å². The maximum Gasteiger partial charge on any atom is 0.0176 e. The molecule has 2 heteroatoms. The minimum absolute atomic E-state index is 0.113. The van der Waals surface area contributed by atoms with E-state index < -0.39 is 0 Å². The molecule has 2 N–H and O–H groups in total. The molecule has 0 aliphatic heterocycles. The van der Waals surface area contributed by atoms with E-state index in [1.165, 1.54) is 17.0 Å². The Morgan fingerprint density at radius 3 is 2.23 bits per heavy atom. The van der Waals surface area contributed by atoms with Gasteiger partial charge >= 0.3 is 0 Å². The average Bonchev–Trinajstić information content (AvgIpc) is 2.15. The Morgan fingerprint density at radius 1 is 1.38 bits per heavy atom. The summed E-state index contributed by atoms with van der Waals surface area (Å²) in [5.41, 5.74) is 9.87. The van der Waals surface area contributed by atoms with Crippen molar-refractivity contribution in [1.29, 1.82) is 0 Å². The molecule has 0 spiro atoms. The Labute approximate surface area is 80.7 Å². The van der Waals surface area contributed by atoms with Gasteiger partial charge in [-0.25, -0.2) is 0 Å². The highest BCUT2D eigenvalue weighted by atomic mass is 14.9. The predicted octanol–water partition coefficient (Wildman–Crippen LogP) is 1.92. The van der Waals surface area contributed by atoms with Crippen LogP contribution in [0.4, 0.5) is 0 Å². The molecular weight excluding hydrogens is 160 g/mol. The molecule has 0 radical (unpaired) electrons. The molecule has 0 saturated carbocycles. The first kappa shape index (κ1) is 10.3. The Balaban J connectivity index is 2.97. The summed E-state index contributed by atoms with van der Waals surface area (Å²) in [7, 11) is 2.09. The van der Waals surface area contributed by atoms with Crippen molar-refractivity contribution in [3.8, 4) is 0 Å². The highest BCUT2D eigenvalue weighted by Gasteiger charge is 2.15. The molecule has 1 aromatic rings. The molecule has 0 aromatic carbocycles. The second-order valence-corrected chi connectivity index (χ2v) is 4.62. The van der Waals surface area contributed by atoms with Crippen molar-refractivity contribution in [2.45, 2.75) is 39.7 Å². The van der Waals surface area contributed by atoms with Gasteiger partial charge in [0, 0.05) is 24.0 Å². The van der Waals surface area contributed by atoms with Gasteiger partial charge in [-0.1, -0.05) is 0 Å². The van der Waals surface area contributed by atoms with Crippen LogP contribution in [0.1, 0.15) is 30.8 Å². The molecule has 74 valence electrons. The molecule has 0 amide bonds. The number of nitrogens with zero attached hydrogens (tertiary/aromatic N) is 1. The second-order valence-electron chi connectivity index (χ2n) is 4.62. The van der Waals surface area contributed by atoms with E-state index in [-0.39, 0.29) is 5.54 Å². The third-order valence-corrected chi connectivity index (χ3v) is 2.53. The van der Waals surface area contributed by atoms with Gasteiger partial charge < -0.3 is 10.3 Å². The monoisotopic (exact) mass is 180 g/mol. The van der Waals surface area contributed by atoms with Crippen LogP contribution < -0.4 is 5.73 Å². The molecule has 0 atom stereocenters. The lowest BCUT2D eigenvalue weighted by atomic mass is 9.96. The minimum Gasteiger partial charge on any atom is -0.352 e. The molecular formula is C11H20N2. The van der Waals surface area contributed by atoms with E-state index >= 15 is 0 Å². The standard InChI is InChI=1S/C11H20N2/c1-8-6-10(7-11(3,4)12)9(2)13(8)5/h6H,7,12H2,1-5H3. The molecule has 0 saturated heterocycles. The zero-order valence-electron chi connectivity index (χ0n) is 9.31. The number of rotatable bonds is 2. The Hall–Kier alpha value is -0.760. The topological polar surface area (TPSA) is 30.9 Å². The zero-order chi connectivity index (χ0) is 10.2. The van der Waals surface area contributed by atoms with E-state index in [0.717, 1.165) is 6.42 Å². The largest absolute Gasteiger partial charge is 0.352 e. The van der Waals surface area contributed by atoms with E-state index in [1.54, 1.807) is 0 Å². The van der Waals surface area contributed by atoms with E-state index in [0.29, 0.717) is 0 Å². The lowest BCUT2D eigenvalue weighted by Gasteiger charge is -2.18. The number of hydrogen-bond donors (Lipinski definition) is 1. The number of hydrogen-bond acceptors (Lipinski definition) is 1. The second kappa shape index (κ2) is 3.18. The summed E-state index contributed by atoms with van der Waals surface area (Å²) < 4.78 is 2.21. The van der Waals surface area contributed by atoms with E-state index in [1.807, 2.05) is 0 Å². The van der Waals surface area contributed by atoms with Crippen LogP contribution in [0, 0.1) is 13.8 Å². The molecule has 0 aliphatic carbocycles. The van der Waals surface area contributed by atoms with E-state index in [4.69, 9.17) is 5.73 Å². The normalized spacial score (nSPS) is 12.2. The van der Waals surface area contributed by atoms with Crippen LogP contribution in [0.3, 0.4) is 0 Å². The number of aromatic nitrogens is 1. The summed E-state index contributed by atoms with van der Waals surface area (Å²) in [5.74, 6) is 0. The quantitative estimate of drug-likeness (QED) is 0.740. The van der Waals surface area contributed by atoms with Gasteiger partial charge in [-0.2, -0.15) is 0 Å². The third-order valence-electron chi connectivity index (χ3n) is 2.53. The van der Waals surface area contributed by atoms with E-state index in [2.05, 4.69) is 45.4 Å². The average molecular weight is 180 g/mol. The summed E-state index contributed by atoms with van der Waals surface area (Å²) in [6.07, 6.45) is 0.945. The van der Waals surface area contributed by atoms with E-state index in [9.17, 15) is 0 Å². The van der Waals surface area contributed by atoms with Gasteiger partial charge in [0.2, 0.25) is 0 Å². The molecule has 0 bridgehead atoms. The summed E-state index contributed by atoms with van der Waals surface area (Å²) in [5, 5.41) is 0. The number of nitrogens with two attached hydrogens (primary N) is 1. The maximum atomic E-state index is 5.99. The fourth-order valence-corrected chi connectivity index (χ4v) is 1.60. The van der Waals surface area contributed by atoms with Crippen LogP contribution in [0.5, 0.6) is 0 Å². The molecule has 2 nitrogen and oxygen atoms in total. The van der Waals surface area contributed by atoms with Crippen molar-refractivity contribution in [3.63, 3.8) is 0 Å². The van der Waals surface area contributed by atoms with Crippen molar-refractivity contribution >= 4 is 0 Å². The number of aryl methyl sites for hydroxylation is 1. The maximum absolute atomic E-state index is 5.99. The van der Waals surface area contributed by atoms with Crippen molar-refractivity contribution < 1.29 is 0 Å². The van der Waals surface area contributed by atoms with Crippen LogP contribution in [-0.2, 0) is 13.5 Å². The molecule has 1 heterocycles. The van der Waals surface area contributed by atoms with Crippen LogP contribution in [0.2, 0.25) is 0 Å². The van der Waals surface area contributed by atoms with Gasteiger partial charge in [-0.3, -0.25) is 0 Å². The van der Waals surface area contributed by atoms with Crippen molar-refractivity contribution in [2.24, 2.45) is 12.8 Å². The summed E-state index contributed by atoms with van der Waals surface area (Å²) in [6, 6.07) is 2.23. The Morgan fingerprint density at radius 2 is 1.92 bits per heavy atom. The Kier molecular flexibility index (Phi) is 2.53. The summed E-state index contributed by atoms with van der Waals surface area (Å²) in [4.78, 5) is 0. The van der Waals surface area contributed by atoms with Gasteiger partial charge in [0.15, 0.2) is 0 Å². The van der Waals surface area contributed by atoms with Gasteiger partial charge in [0.05, 0.1) is 0 Å². The van der Waals surface area contributed by atoms with Crippen LogP contribution in [-0.4, -0.2) is 10.1 Å². The first-order chi connectivity index (χ1) is 5.81. The van der Waals surface area contributed by atoms with Crippen LogP contribution >= 0.6 is 0 Å². The lowest BCUT2D eigenvalue weighted by Crippen LogP contribution is -2.34. The lowest BCUT2D eigenvalue weighted by molar-refractivity contribution is 0.515. The fourth-order valence-electron chi connectivity index (χ4n) is 1.60. The van der Waals surface area contributed by atoms with Crippen molar-refractivity contribution in [2.75, 3.05) is 0 Å². The van der Waals surface area contributed by atoms with Gasteiger partial charge in [-0.05, 0) is 45.7 Å². The van der Waals surface area contributed by atoms with Gasteiger partial charge in [-0.15, -0.1) is 0 Å². The van der Waals surface area contributed by atoms with Crippen LogP contribution in [0.15, 0.2) is 6.07 Å². The smallest absolute Gasteiger partial charge is 0.0176 e. The van der Waals surface area contributed by atoms with Crippen LogP contribution in [0.25, 0.3) is 0 Å². The molecule has 13 heavy (non-hydrogen) atoms. The summed E-state index contributed by atoms with van der Waals surface area (Å²) >= 11 is 0. The summed E-state index contributed by atoms with van der Waals surface area (Å²) in [6.45, 7) is 8.40. The highest BCUT2D eigenvalue weighted by Crippen LogP contribution is 2.17. The molecule has 0 aliphatic rings. The molecule has 0 fully saturated rings. The fraction of sp³-hybridized carbons (Fsp3) is 0.636. The highest BCUT2D eigenvalue weighted by molar-refractivity contribution is 5.27. The molecule has 1 aromatic heterocycles. The predicted molar refractivity (Wildman–Crippen MR) is 56.9 cm³/mol. The molecule has 1 rings (SSSR count). The SMILES string of the molecule is Cc1cc(CC(C)(C)N)c(C)n1C. The molecule has 0 unspecified atom stereocenters. The van der Waals surface area contributed by atoms with Gasteiger partial charge in [0.1, 0.15) is 0 Å². The van der Waals surface area contributed by atoms with Crippen molar-refractivity contribution in [3.05, 3.63) is 23.0 Å². The minimum atomic E-state index is -0.113. The van der Waals surface area contributed by atoms with Crippen molar-refractivity contribution in [1.82, 2.24) is 4.57 Å². The first-order valence-electron chi connectivity index (χ1n) is 4.72. The Bertz CT molecular complexity index is 303. The first-order valence-corrected chi connectivity index (χ1v) is 4.72. The zero-order valence-corrected chi connectivity index (χ0v) is 9.31.